The van der Waals surface area contributed by atoms with Crippen molar-refractivity contribution in [2.45, 2.75) is 45.3 Å². The van der Waals surface area contributed by atoms with Crippen LogP contribution in [0.1, 0.15) is 50.8 Å². The molecule has 41 heavy (non-hydrogen) atoms. The monoisotopic (exact) mass is 612 g/mol. The molecule has 0 fully saturated rings. The van der Waals surface area contributed by atoms with Crippen LogP contribution in [0.15, 0.2) is 42.1 Å². The Morgan fingerprint density at radius 1 is 1.15 bits per heavy atom. The number of anilines is 1. The van der Waals surface area contributed by atoms with E-state index in [1.54, 1.807) is 31.4 Å². The number of allylic oxidation sites excluding steroid dienone is 1. The van der Waals surface area contributed by atoms with Gasteiger partial charge in [-0.2, -0.15) is 13.2 Å². The summed E-state index contributed by atoms with van der Waals surface area (Å²) < 4.78 is 56.3. The van der Waals surface area contributed by atoms with E-state index in [0.717, 1.165) is 35.2 Å². The van der Waals surface area contributed by atoms with E-state index in [1.807, 2.05) is 0 Å². The molecule has 1 aromatic carbocycles. The van der Waals surface area contributed by atoms with Crippen LogP contribution in [0.2, 0.25) is 0 Å². The molecule has 0 saturated carbocycles. The largest absolute Gasteiger partial charge is 0.486 e. The first-order valence-corrected chi connectivity index (χ1v) is 14.0. The topological polar surface area (TPSA) is 122 Å². The molecule has 1 N–H and O–H groups in total. The lowest BCUT2D eigenvalue weighted by atomic mass is 10.1. The van der Waals surface area contributed by atoms with Gasteiger partial charge in [-0.05, 0) is 44.5 Å². The van der Waals surface area contributed by atoms with E-state index < -0.39 is 29.6 Å². The summed E-state index contributed by atoms with van der Waals surface area (Å²) in [5.74, 6) is -1.62. The van der Waals surface area contributed by atoms with E-state index in [2.05, 4.69) is 22.1 Å². The van der Waals surface area contributed by atoms with Crippen LogP contribution in [0.5, 0.6) is 5.75 Å². The Kier molecular flexibility index (Phi) is 10.9. The highest BCUT2D eigenvalue weighted by molar-refractivity contribution is 7.99. The normalized spacial score (nSPS) is 11.2. The van der Waals surface area contributed by atoms with Gasteiger partial charge in [-0.15, -0.1) is 28.1 Å². The number of carbonyl (C=O) groups excluding carboxylic acids is 3. The van der Waals surface area contributed by atoms with Crippen molar-refractivity contribution in [3.05, 3.63) is 64.3 Å². The van der Waals surface area contributed by atoms with Crippen LogP contribution in [0, 0.1) is 6.92 Å². The Bertz CT molecular complexity index is 1420. The molecule has 0 spiro atoms. The van der Waals surface area contributed by atoms with Crippen LogP contribution in [0.3, 0.4) is 0 Å². The minimum Gasteiger partial charge on any atom is -0.486 e. The van der Waals surface area contributed by atoms with Gasteiger partial charge in [0.2, 0.25) is 5.91 Å². The molecule has 2 heterocycles. The molecule has 3 aromatic rings. The Hall–Kier alpha value is -3.85. The number of ether oxygens (including phenoxy) is 3. The standard InChI is InChI=1S/C26H27F3N4O6S2/c1-5-11-33-18(13-39-17-10-8-9-16(12-17)26(27,28)29)31-32-25(33)40-14-19(34)30-22-20(23(35)37-6-2)15(4)21(41-22)24(36)38-7-3/h5,8-10,12H,1,6-7,11,13-14H2,2-4H3,(H,30,34). The maximum absolute atomic E-state index is 13.0. The van der Waals surface area contributed by atoms with Crippen molar-refractivity contribution in [1.29, 1.82) is 0 Å². The number of halogens is 3. The van der Waals surface area contributed by atoms with Crippen molar-refractivity contribution in [3.63, 3.8) is 0 Å². The second kappa shape index (κ2) is 14.2. The molecular formula is C26H27F3N4O6S2. The molecule has 0 atom stereocenters. The molecular weight excluding hydrogens is 585 g/mol. The number of rotatable bonds is 13. The van der Waals surface area contributed by atoms with Crippen LogP contribution >= 0.6 is 23.1 Å². The van der Waals surface area contributed by atoms with Crippen molar-refractivity contribution in [1.82, 2.24) is 14.8 Å². The first-order chi connectivity index (χ1) is 19.5. The summed E-state index contributed by atoms with van der Waals surface area (Å²) in [5, 5.41) is 11.3. The third-order valence-electron chi connectivity index (χ3n) is 5.31. The molecule has 0 radical (unpaired) electrons. The van der Waals surface area contributed by atoms with Gasteiger partial charge < -0.3 is 19.5 Å². The van der Waals surface area contributed by atoms with Gasteiger partial charge in [-0.3, -0.25) is 9.36 Å². The predicted octanol–water partition coefficient (Wildman–Crippen LogP) is 5.52. The fourth-order valence-electron chi connectivity index (χ4n) is 3.49. The molecule has 0 unspecified atom stereocenters. The smallest absolute Gasteiger partial charge is 0.416 e. The van der Waals surface area contributed by atoms with Crippen LogP contribution in [-0.2, 0) is 33.6 Å². The first kappa shape index (κ1) is 31.7. The van der Waals surface area contributed by atoms with Crippen LogP contribution in [0.4, 0.5) is 18.2 Å². The summed E-state index contributed by atoms with van der Waals surface area (Å²) in [6.45, 7) is 8.87. The fraction of sp³-hybridized carbons (Fsp3) is 0.346. The number of nitrogens with one attached hydrogen (secondary N) is 1. The minimum absolute atomic E-state index is 0.00684. The number of alkyl halides is 3. The number of amides is 1. The highest BCUT2D eigenvalue weighted by atomic mass is 32.2. The molecule has 0 aliphatic heterocycles. The van der Waals surface area contributed by atoms with Gasteiger partial charge in [-0.1, -0.05) is 23.9 Å². The third kappa shape index (κ3) is 8.10. The zero-order valence-electron chi connectivity index (χ0n) is 22.4. The maximum atomic E-state index is 13.0. The Labute approximate surface area is 241 Å². The van der Waals surface area contributed by atoms with Crippen molar-refractivity contribution in [3.8, 4) is 5.75 Å². The highest BCUT2D eigenvalue weighted by Gasteiger charge is 2.31. The Morgan fingerprint density at radius 2 is 1.85 bits per heavy atom. The number of hydrogen-bond donors (Lipinski definition) is 1. The van der Waals surface area contributed by atoms with Crippen molar-refractivity contribution in [2.75, 3.05) is 24.3 Å². The molecule has 220 valence electrons. The number of carbonyl (C=O) groups is 3. The summed E-state index contributed by atoms with van der Waals surface area (Å²) in [6.07, 6.45) is -2.94. The van der Waals surface area contributed by atoms with Gasteiger partial charge in [-0.25, -0.2) is 9.59 Å². The van der Waals surface area contributed by atoms with E-state index in [9.17, 15) is 27.6 Å². The van der Waals surface area contributed by atoms with Gasteiger partial charge in [0.25, 0.3) is 0 Å². The van der Waals surface area contributed by atoms with E-state index in [0.29, 0.717) is 16.5 Å². The van der Waals surface area contributed by atoms with Gasteiger partial charge in [0.15, 0.2) is 11.0 Å². The number of esters is 2. The van der Waals surface area contributed by atoms with Crippen molar-refractivity contribution >= 4 is 45.9 Å². The summed E-state index contributed by atoms with van der Waals surface area (Å²) in [4.78, 5) is 37.9. The number of aromatic nitrogens is 3. The SMILES string of the molecule is C=CCn1c(COc2cccc(C(F)(F)F)c2)nnc1SCC(=O)Nc1sc(C(=O)OCC)c(C)c1C(=O)OCC. The molecule has 0 saturated heterocycles. The number of thiophene rings is 1. The molecule has 10 nitrogen and oxygen atoms in total. The van der Waals surface area contributed by atoms with E-state index in [-0.39, 0.29) is 53.3 Å². The molecule has 15 heteroatoms. The van der Waals surface area contributed by atoms with Crippen molar-refractivity contribution in [2.24, 2.45) is 0 Å². The van der Waals surface area contributed by atoms with E-state index in [4.69, 9.17) is 14.2 Å². The third-order valence-corrected chi connectivity index (χ3v) is 7.46. The second-order valence-electron chi connectivity index (χ2n) is 8.15. The molecule has 3 rings (SSSR count). The Morgan fingerprint density at radius 3 is 2.51 bits per heavy atom. The van der Waals surface area contributed by atoms with E-state index in [1.165, 1.54) is 12.1 Å². The summed E-state index contributed by atoms with van der Waals surface area (Å²) in [5.41, 5.74) is -0.431. The lowest BCUT2D eigenvalue weighted by molar-refractivity contribution is -0.137. The van der Waals surface area contributed by atoms with Crippen LogP contribution in [0.25, 0.3) is 0 Å². The average molecular weight is 613 g/mol. The van der Waals surface area contributed by atoms with Crippen molar-refractivity contribution < 1.29 is 41.8 Å². The molecule has 2 aromatic heterocycles. The molecule has 1 amide bonds. The van der Waals surface area contributed by atoms with Gasteiger partial charge >= 0.3 is 18.1 Å². The second-order valence-corrected chi connectivity index (χ2v) is 10.1. The Balaban J connectivity index is 1.72. The number of thioether (sulfide) groups is 1. The zero-order chi connectivity index (χ0) is 30.2. The zero-order valence-corrected chi connectivity index (χ0v) is 24.0. The minimum atomic E-state index is -4.51. The predicted molar refractivity (Wildman–Crippen MR) is 146 cm³/mol. The quantitative estimate of drug-likeness (QED) is 0.151. The summed E-state index contributed by atoms with van der Waals surface area (Å²) in [7, 11) is 0. The lowest BCUT2D eigenvalue weighted by Crippen LogP contribution is -2.17. The maximum Gasteiger partial charge on any atom is 0.416 e. The average Bonchev–Trinajstić information content (AvgIpc) is 3.46. The molecule has 0 aliphatic carbocycles. The summed E-state index contributed by atoms with van der Waals surface area (Å²) >= 11 is 1.95. The highest BCUT2D eigenvalue weighted by Crippen LogP contribution is 2.35. The fourth-order valence-corrected chi connectivity index (χ4v) is 5.36. The van der Waals surface area contributed by atoms with Gasteiger partial charge in [0, 0.05) is 6.54 Å². The van der Waals surface area contributed by atoms with Gasteiger partial charge in [0.1, 0.15) is 22.2 Å². The van der Waals surface area contributed by atoms with E-state index >= 15 is 0 Å². The molecule has 0 bridgehead atoms. The number of hydrogen-bond acceptors (Lipinski definition) is 10. The van der Waals surface area contributed by atoms with Crippen LogP contribution < -0.4 is 10.1 Å². The number of benzene rings is 1. The lowest BCUT2D eigenvalue weighted by Gasteiger charge is -2.11. The molecule has 0 aliphatic rings. The summed E-state index contributed by atoms with van der Waals surface area (Å²) in [6, 6.07) is 4.47. The van der Waals surface area contributed by atoms with Crippen LogP contribution in [-0.4, -0.2) is 51.6 Å². The first-order valence-electron chi connectivity index (χ1n) is 12.2. The number of nitrogens with zero attached hydrogens (tertiary/aromatic N) is 3. The van der Waals surface area contributed by atoms with Gasteiger partial charge in [0.05, 0.1) is 30.1 Å².